The van der Waals surface area contributed by atoms with Gasteiger partial charge in [0.2, 0.25) is 0 Å². The third-order valence-corrected chi connectivity index (χ3v) is 4.95. The molecule has 0 radical (unpaired) electrons. The molecule has 0 aromatic carbocycles. The van der Waals surface area contributed by atoms with Crippen LogP contribution in [0.15, 0.2) is 6.33 Å². The second-order valence-electron chi connectivity index (χ2n) is 5.86. The molecular weight excluding hydrogens is 408 g/mol. The SMILES string of the molecule is Nc1nc(F)nc2c1ncn2[C@@H]1O[C@H](CO[C@H](C(=O)O)P(=O)(O)O)[C@@H](O)[C@H]1O. The Labute approximate surface area is 154 Å². The molecule has 7 N–H and O–H groups in total. The Hall–Kier alpha value is -2.26. The van der Waals surface area contributed by atoms with Crippen LogP contribution < -0.4 is 5.73 Å². The number of aliphatic hydroxyl groups excluding tert-OH is 2. The van der Waals surface area contributed by atoms with Crippen molar-refractivity contribution in [2.24, 2.45) is 0 Å². The lowest BCUT2D eigenvalue weighted by Crippen LogP contribution is -2.36. The fourth-order valence-electron chi connectivity index (χ4n) is 2.69. The Kier molecular flexibility index (Phi) is 5.33. The predicted molar refractivity (Wildman–Crippen MR) is 85.0 cm³/mol. The van der Waals surface area contributed by atoms with E-state index in [0.29, 0.717) is 0 Å². The fourth-order valence-corrected chi connectivity index (χ4v) is 3.26. The van der Waals surface area contributed by atoms with Crippen LogP contribution in [0.3, 0.4) is 0 Å². The highest BCUT2D eigenvalue weighted by molar-refractivity contribution is 7.53. The number of carbonyl (C=O) groups is 1. The lowest BCUT2D eigenvalue weighted by Gasteiger charge is -2.19. The summed E-state index contributed by atoms with van der Waals surface area (Å²) in [6.45, 7) is -0.769. The molecule has 2 aromatic heterocycles. The number of rotatable bonds is 6. The number of aromatic nitrogens is 4. The van der Waals surface area contributed by atoms with Crippen molar-refractivity contribution in [3.8, 4) is 0 Å². The average Bonchev–Trinajstić information content (AvgIpc) is 3.09. The molecule has 5 atom stereocenters. The summed E-state index contributed by atoms with van der Waals surface area (Å²) in [5.74, 6) is -4.66. The first-order valence-corrected chi connectivity index (χ1v) is 9.25. The molecular formula is C12H15FN5O9P. The molecule has 16 heteroatoms. The highest BCUT2D eigenvalue weighted by Gasteiger charge is 2.46. The lowest BCUT2D eigenvalue weighted by atomic mass is 10.1. The summed E-state index contributed by atoms with van der Waals surface area (Å²) in [6, 6.07) is 0. The zero-order valence-corrected chi connectivity index (χ0v) is 14.6. The number of anilines is 1. The number of aliphatic hydroxyl groups is 2. The summed E-state index contributed by atoms with van der Waals surface area (Å²) in [5, 5.41) is 29.1. The van der Waals surface area contributed by atoms with Gasteiger partial charge in [-0.1, -0.05) is 0 Å². The number of carboxylic acid groups (broad SMARTS) is 1. The molecule has 2 aromatic rings. The molecule has 0 spiro atoms. The number of imidazole rings is 1. The molecule has 0 bridgehead atoms. The van der Waals surface area contributed by atoms with Crippen LogP contribution >= 0.6 is 7.60 Å². The Morgan fingerprint density at radius 3 is 2.68 bits per heavy atom. The van der Waals surface area contributed by atoms with E-state index in [9.17, 15) is 24.0 Å². The first-order valence-electron chi connectivity index (χ1n) is 7.57. The normalized spacial score (nSPS) is 26.6. The van der Waals surface area contributed by atoms with Gasteiger partial charge in [-0.15, -0.1) is 0 Å². The first-order chi connectivity index (χ1) is 13.0. The molecule has 1 aliphatic rings. The van der Waals surface area contributed by atoms with E-state index in [4.69, 9.17) is 25.4 Å². The molecule has 0 amide bonds. The van der Waals surface area contributed by atoms with Crippen LogP contribution in [0, 0.1) is 6.08 Å². The van der Waals surface area contributed by atoms with Crippen molar-refractivity contribution in [3.05, 3.63) is 12.4 Å². The predicted octanol–water partition coefficient (Wildman–Crippen LogP) is -2.23. The number of aliphatic carboxylic acids is 1. The summed E-state index contributed by atoms with van der Waals surface area (Å²) < 4.78 is 35.7. The second-order valence-corrected chi connectivity index (χ2v) is 7.51. The molecule has 3 heterocycles. The number of nitrogens with two attached hydrogens (primary N) is 1. The van der Waals surface area contributed by atoms with E-state index in [0.717, 1.165) is 10.9 Å². The molecule has 0 aliphatic carbocycles. The summed E-state index contributed by atoms with van der Waals surface area (Å²) >= 11 is 0. The maximum atomic E-state index is 13.4. The van der Waals surface area contributed by atoms with Gasteiger partial charge in [-0.3, -0.25) is 9.13 Å². The van der Waals surface area contributed by atoms with Crippen molar-refractivity contribution >= 4 is 30.5 Å². The quantitative estimate of drug-likeness (QED) is 0.214. The largest absolute Gasteiger partial charge is 0.479 e. The maximum Gasteiger partial charge on any atom is 0.365 e. The summed E-state index contributed by atoms with van der Waals surface area (Å²) in [7, 11) is -5.14. The van der Waals surface area contributed by atoms with Crippen molar-refractivity contribution < 1.29 is 48.3 Å². The Morgan fingerprint density at radius 2 is 2.07 bits per heavy atom. The van der Waals surface area contributed by atoms with E-state index in [1.807, 2.05) is 0 Å². The minimum atomic E-state index is -5.14. The van der Waals surface area contributed by atoms with Gasteiger partial charge in [0.05, 0.1) is 12.9 Å². The number of fused-ring (bicyclic) bond motifs is 1. The van der Waals surface area contributed by atoms with Crippen LogP contribution in [0.5, 0.6) is 0 Å². The number of hydrogen-bond donors (Lipinski definition) is 6. The summed E-state index contributed by atoms with van der Waals surface area (Å²) in [4.78, 5) is 39.6. The van der Waals surface area contributed by atoms with Crippen molar-refractivity contribution in [2.75, 3.05) is 12.3 Å². The van der Waals surface area contributed by atoms with Crippen molar-refractivity contribution in [1.29, 1.82) is 0 Å². The lowest BCUT2D eigenvalue weighted by molar-refractivity contribution is -0.149. The van der Waals surface area contributed by atoms with Crippen molar-refractivity contribution in [1.82, 2.24) is 19.5 Å². The van der Waals surface area contributed by atoms with Gasteiger partial charge in [-0.05, 0) is 0 Å². The van der Waals surface area contributed by atoms with Gasteiger partial charge in [0.25, 0.3) is 5.85 Å². The molecule has 3 rings (SSSR count). The molecule has 28 heavy (non-hydrogen) atoms. The van der Waals surface area contributed by atoms with Crippen LogP contribution in [-0.4, -0.2) is 81.4 Å². The minimum Gasteiger partial charge on any atom is -0.479 e. The number of halogens is 1. The third kappa shape index (κ3) is 3.68. The van der Waals surface area contributed by atoms with E-state index in [1.54, 1.807) is 0 Å². The van der Waals surface area contributed by atoms with Gasteiger partial charge in [-0.25, -0.2) is 9.78 Å². The topological polar surface area (TPSA) is 223 Å². The van der Waals surface area contributed by atoms with E-state index < -0.39 is 56.6 Å². The van der Waals surface area contributed by atoms with E-state index in [2.05, 4.69) is 19.7 Å². The van der Waals surface area contributed by atoms with Crippen molar-refractivity contribution in [2.45, 2.75) is 30.4 Å². The van der Waals surface area contributed by atoms with Gasteiger partial charge >= 0.3 is 19.6 Å². The molecule has 1 fully saturated rings. The Balaban J connectivity index is 1.81. The number of ether oxygens (including phenoxy) is 2. The van der Waals surface area contributed by atoms with Crippen LogP contribution in [0.2, 0.25) is 0 Å². The summed E-state index contributed by atoms with van der Waals surface area (Å²) in [6.07, 6.45) is -6.00. The average molecular weight is 423 g/mol. The molecule has 14 nitrogen and oxygen atoms in total. The highest BCUT2D eigenvalue weighted by Crippen LogP contribution is 2.42. The monoisotopic (exact) mass is 423 g/mol. The zero-order valence-electron chi connectivity index (χ0n) is 13.7. The first kappa shape index (κ1) is 20.5. The van der Waals surface area contributed by atoms with E-state index in [-0.39, 0.29) is 17.0 Å². The molecule has 1 aliphatic heterocycles. The van der Waals surface area contributed by atoms with Crippen LogP contribution in [0.25, 0.3) is 11.2 Å². The smallest absolute Gasteiger partial charge is 0.365 e. The molecule has 154 valence electrons. The highest BCUT2D eigenvalue weighted by atomic mass is 31.2. The standard InChI is InChI=1S/C12H15FN5O9P/c13-12-16-7(14)4-8(17-12)18(2-15-4)9-6(20)5(19)3(27-9)1-26-11(10(21)22)28(23,24)25/h2-3,5-6,9,11,19-20H,1H2,(H,21,22)(H2,14,16,17)(H2,23,24,25)/t3-,5-,6-,9-,11+/m1/s1. The third-order valence-electron chi connectivity index (χ3n) is 3.97. The van der Waals surface area contributed by atoms with Crippen LogP contribution in [0.4, 0.5) is 10.2 Å². The molecule has 0 saturated carbocycles. The van der Waals surface area contributed by atoms with Gasteiger partial charge in [0, 0.05) is 0 Å². The number of hydrogen-bond acceptors (Lipinski definition) is 10. The van der Waals surface area contributed by atoms with Crippen LogP contribution in [0.1, 0.15) is 6.23 Å². The van der Waals surface area contributed by atoms with Gasteiger partial charge < -0.3 is 40.3 Å². The molecule has 0 unspecified atom stereocenters. The minimum absolute atomic E-state index is 0.0128. The Bertz CT molecular complexity index is 951. The van der Waals surface area contributed by atoms with E-state index >= 15 is 0 Å². The van der Waals surface area contributed by atoms with Gasteiger partial charge in [-0.2, -0.15) is 14.4 Å². The maximum absolute atomic E-state index is 13.4. The number of carboxylic acids is 1. The van der Waals surface area contributed by atoms with E-state index in [1.165, 1.54) is 0 Å². The Morgan fingerprint density at radius 1 is 1.39 bits per heavy atom. The summed E-state index contributed by atoms with van der Waals surface area (Å²) in [5.41, 5.74) is 5.41. The second kappa shape index (κ2) is 7.29. The van der Waals surface area contributed by atoms with Crippen LogP contribution in [-0.2, 0) is 18.8 Å². The van der Waals surface area contributed by atoms with Gasteiger partial charge in [0.1, 0.15) is 18.3 Å². The number of nitrogens with zero attached hydrogens (tertiary/aromatic N) is 4. The number of nitrogen functional groups attached to an aromatic ring is 1. The van der Waals surface area contributed by atoms with Crippen molar-refractivity contribution in [3.63, 3.8) is 0 Å². The van der Waals surface area contributed by atoms with Gasteiger partial charge in [0.15, 0.2) is 23.2 Å². The fraction of sp³-hybridized carbons (Fsp3) is 0.500. The zero-order chi connectivity index (χ0) is 20.8. The molecule has 1 saturated heterocycles.